The number of nitrogens with one attached hydrogen (secondary N) is 1. The molecular formula is C14H12N4O. The Labute approximate surface area is 110 Å². The minimum Gasteiger partial charge on any atom is -0.438 e. The van der Waals surface area contributed by atoms with E-state index >= 15 is 0 Å². The Morgan fingerprint density at radius 1 is 1.00 bits per heavy atom. The molecule has 0 fully saturated rings. The van der Waals surface area contributed by atoms with Gasteiger partial charge in [0.25, 0.3) is 0 Å². The second kappa shape index (κ2) is 4.91. The van der Waals surface area contributed by atoms with E-state index in [9.17, 15) is 0 Å². The molecular weight excluding hydrogens is 240 g/mol. The average molecular weight is 252 g/mol. The van der Waals surface area contributed by atoms with Crippen LogP contribution in [0, 0.1) is 0 Å². The molecule has 3 aromatic rings. The number of nitrogens with zero attached hydrogens (tertiary/aromatic N) is 2. The maximum atomic E-state index is 5.79. The number of nitrogen functional groups attached to an aromatic ring is 1. The lowest BCUT2D eigenvalue weighted by molar-refractivity contribution is 0.467. The number of ether oxygens (including phenoxy) is 1. The van der Waals surface area contributed by atoms with Crippen LogP contribution in [-0.2, 0) is 0 Å². The molecule has 19 heavy (non-hydrogen) atoms. The van der Waals surface area contributed by atoms with E-state index in [0.717, 1.165) is 16.5 Å². The van der Waals surface area contributed by atoms with Crippen molar-refractivity contribution in [3.8, 4) is 11.6 Å². The Morgan fingerprint density at radius 3 is 2.74 bits per heavy atom. The molecule has 5 heteroatoms. The van der Waals surface area contributed by atoms with Crippen LogP contribution in [0.4, 0.5) is 5.95 Å². The van der Waals surface area contributed by atoms with Crippen molar-refractivity contribution >= 4 is 16.7 Å². The Balaban J connectivity index is 2.01. The van der Waals surface area contributed by atoms with Gasteiger partial charge in [0, 0.05) is 17.6 Å². The Kier molecular flexibility index (Phi) is 2.96. The van der Waals surface area contributed by atoms with Crippen molar-refractivity contribution in [2.45, 2.75) is 0 Å². The highest BCUT2D eigenvalue weighted by Crippen LogP contribution is 2.28. The molecule has 0 aliphatic carbocycles. The normalized spacial score (nSPS) is 10.4. The predicted octanol–water partition coefficient (Wildman–Crippen LogP) is 2.71. The van der Waals surface area contributed by atoms with Crippen molar-refractivity contribution in [2.24, 2.45) is 5.84 Å². The number of fused-ring (bicyclic) bond motifs is 1. The zero-order chi connectivity index (χ0) is 13.1. The number of anilines is 1. The van der Waals surface area contributed by atoms with Gasteiger partial charge in [-0.1, -0.05) is 36.4 Å². The summed E-state index contributed by atoms with van der Waals surface area (Å²) in [7, 11) is 0. The van der Waals surface area contributed by atoms with Gasteiger partial charge in [-0.3, -0.25) is 5.43 Å². The van der Waals surface area contributed by atoms with E-state index in [1.165, 1.54) is 0 Å². The molecule has 0 radical (unpaired) electrons. The highest BCUT2D eigenvalue weighted by Gasteiger charge is 2.04. The highest BCUT2D eigenvalue weighted by atomic mass is 16.5. The number of aromatic nitrogens is 2. The largest absolute Gasteiger partial charge is 0.438 e. The first-order valence-electron chi connectivity index (χ1n) is 5.82. The molecule has 94 valence electrons. The first-order valence-corrected chi connectivity index (χ1v) is 5.82. The van der Waals surface area contributed by atoms with Crippen molar-refractivity contribution in [1.29, 1.82) is 0 Å². The van der Waals surface area contributed by atoms with E-state index in [0.29, 0.717) is 11.8 Å². The molecule has 3 N–H and O–H groups in total. The first-order chi connectivity index (χ1) is 9.36. The molecule has 0 amide bonds. The summed E-state index contributed by atoms with van der Waals surface area (Å²) in [5, 5.41) is 2.15. The Hall–Kier alpha value is -2.66. The van der Waals surface area contributed by atoms with Crippen LogP contribution in [0.5, 0.6) is 11.6 Å². The van der Waals surface area contributed by atoms with Crippen LogP contribution in [0.3, 0.4) is 0 Å². The number of nitrogens with two attached hydrogens (primary N) is 1. The molecule has 0 aliphatic rings. The van der Waals surface area contributed by atoms with Gasteiger partial charge in [0.2, 0.25) is 11.8 Å². The van der Waals surface area contributed by atoms with Crippen LogP contribution >= 0.6 is 0 Å². The van der Waals surface area contributed by atoms with Crippen molar-refractivity contribution in [3.63, 3.8) is 0 Å². The maximum absolute atomic E-state index is 5.79. The quantitative estimate of drug-likeness (QED) is 0.554. The molecule has 0 saturated carbocycles. The van der Waals surface area contributed by atoms with Crippen molar-refractivity contribution in [2.75, 3.05) is 5.43 Å². The van der Waals surface area contributed by atoms with Gasteiger partial charge in [-0.15, -0.1) is 0 Å². The molecule has 3 rings (SSSR count). The minimum absolute atomic E-state index is 0.317. The van der Waals surface area contributed by atoms with Crippen LogP contribution < -0.4 is 16.0 Å². The average Bonchev–Trinajstić information content (AvgIpc) is 2.48. The van der Waals surface area contributed by atoms with Crippen LogP contribution in [0.2, 0.25) is 0 Å². The molecule has 0 bridgehead atoms. The lowest BCUT2D eigenvalue weighted by Gasteiger charge is -2.08. The Morgan fingerprint density at radius 2 is 1.84 bits per heavy atom. The number of hydrazine groups is 1. The second-order valence-electron chi connectivity index (χ2n) is 3.94. The van der Waals surface area contributed by atoms with Crippen LogP contribution in [-0.4, -0.2) is 9.97 Å². The summed E-state index contributed by atoms with van der Waals surface area (Å²) in [6.07, 6.45) is 1.59. The molecule has 1 aromatic heterocycles. The molecule has 2 aromatic carbocycles. The van der Waals surface area contributed by atoms with Gasteiger partial charge in [-0.25, -0.2) is 10.8 Å². The molecule has 0 saturated heterocycles. The van der Waals surface area contributed by atoms with E-state index in [1.807, 2.05) is 42.5 Å². The monoisotopic (exact) mass is 252 g/mol. The van der Waals surface area contributed by atoms with Crippen molar-refractivity contribution in [3.05, 3.63) is 54.7 Å². The molecule has 0 atom stereocenters. The van der Waals surface area contributed by atoms with Gasteiger partial charge in [-0.2, -0.15) is 4.98 Å². The Bertz CT molecular complexity index is 709. The van der Waals surface area contributed by atoms with Crippen molar-refractivity contribution in [1.82, 2.24) is 9.97 Å². The maximum Gasteiger partial charge on any atom is 0.240 e. The first kappa shape index (κ1) is 11.4. The number of hydrogen-bond donors (Lipinski definition) is 2. The van der Waals surface area contributed by atoms with E-state index in [-0.39, 0.29) is 0 Å². The van der Waals surface area contributed by atoms with Gasteiger partial charge in [-0.05, 0) is 11.5 Å². The van der Waals surface area contributed by atoms with E-state index < -0.39 is 0 Å². The fraction of sp³-hybridized carbons (Fsp3) is 0. The number of benzene rings is 2. The van der Waals surface area contributed by atoms with Gasteiger partial charge < -0.3 is 4.74 Å². The minimum atomic E-state index is 0.317. The fourth-order valence-corrected chi connectivity index (χ4v) is 1.87. The van der Waals surface area contributed by atoms with E-state index in [1.54, 1.807) is 12.3 Å². The summed E-state index contributed by atoms with van der Waals surface area (Å²) in [5.41, 5.74) is 2.39. The van der Waals surface area contributed by atoms with Gasteiger partial charge in [0.05, 0.1) is 0 Å². The molecule has 5 nitrogen and oxygen atoms in total. The predicted molar refractivity (Wildman–Crippen MR) is 73.9 cm³/mol. The van der Waals surface area contributed by atoms with Gasteiger partial charge in [0.15, 0.2) is 0 Å². The van der Waals surface area contributed by atoms with Crippen LogP contribution in [0.15, 0.2) is 54.7 Å². The van der Waals surface area contributed by atoms with Crippen molar-refractivity contribution < 1.29 is 4.74 Å². The summed E-state index contributed by atoms with van der Waals surface area (Å²) in [5.74, 6) is 6.78. The number of rotatable bonds is 3. The van der Waals surface area contributed by atoms with Gasteiger partial charge in [0.1, 0.15) is 5.75 Å². The van der Waals surface area contributed by atoms with E-state index in [4.69, 9.17) is 10.6 Å². The lowest BCUT2D eigenvalue weighted by atomic mass is 10.1. The topological polar surface area (TPSA) is 73.1 Å². The zero-order valence-electron chi connectivity index (χ0n) is 10.1. The third-order valence-corrected chi connectivity index (χ3v) is 2.72. The third-order valence-electron chi connectivity index (χ3n) is 2.72. The SMILES string of the molecule is NNc1nccc(Oc2cccc3ccccc23)n1. The smallest absolute Gasteiger partial charge is 0.240 e. The molecule has 0 spiro atoms. The van der Waals surface area contributed by atoms with Crippen LogP contribution in [0.1, 0.15) is 0 Å². The molecule has 1 heterocycles. The van der Waals surface area contributed by atoms with E-state index in [2.05, 4.69) is 15.4 Å². The standard InChI is InChI=1S/C14H12N4O/c15-18-14-16-9-8-13(17-14)19-12-7-3-5-10-4-1-2-6-11(10)12/h1-9H,15H2,(H,16,17,18). The van der Waals surface area contributed by atoms with Gasteiger partial charge >= 0.3 is 0 Å². The molecule has 0 aliphatic heterocycles. The molecule has 0 unspecified atom stereocenters. The summed E-state index contributed by atoms with van der Waals surface area (Å²) in [6, 6.07) is 15.6. The zero-order valence-corrected chi connectivity index (χ0v) is 10.1. The second-order valence-corrected chi connectivity index (χ2v) is 3.94. The highest BCUT2D eigenvalue weighted by molar-refractivity contribution is 5.88. The summed E-state index contributed by atoms with van der Waals surface area (Å²) in [4.78, 5) is 8.06. The summed E-state index contributed by atoms with van der Waals surface area (Å²) < 4.78 is 5.79. The fourth-order valence-electron chi connectivity index (χ4n) is 1.87. The number of hydrogen-bond acceptors (Lipinski definition) is 5. The summed E-state index contributed by atoms with van der Waals surface area (Å²) in [6.45, 7) is 0. The van der Waals surface area contributed by atoms with Crippen LogP contribution in [0.25, 0.3) is 10.8 Å². The third kappa shape index (κ3) is 2.31. The summed E-state index contributed by atoms with van der Waals surface area (Å²) >= 11 is 0. The lowest BCUT2D eigenvalue weighted by Crippen LogP contribution is -2.10.